The monoisotopic (exact) mass is 373 g/mol. The molecule has 1 aliphatic rings. The zero-order valence-corrected chi connectivity index (χ0v) is 14.6. The fourth-order valence-corrected chi connectivity index (χ4v) is 2.90. The molecule has 8 nitrogen and oxygen atoms in total. The molecule has 27 heavy (non-hydrogen) atoms. The van der Waals surface area contributed by atoms with E-state index in [0.717, 1.165) is 0 Å². The van der Waals surface area contributed by atoms with Crippen LogP contribution in [0, 0.1) is 0 Å². The minimum Gasteiger partial charge on any atom is -0.394 e. The summed E-state index contributed by atoms with van der Waals surface area (Å²) in [6, 6.07) is 9.74. The second-order valence-corrected chi connectivity index (χ2v) is 6.36. The molecule has 4 atom stereocenters. The lowest BCUT2D eigenvalue weighted by Gasteiger charge is -2.11. The van der Waals surface area contributed by atoms with Crippen molar-refractivity contribution < 1.29 is 34.2 Å². The molecule has 1 fully saturated rings. The van der Waals surface area contributed by atoms with Crippen LogP contribution in [0.15, 0.2) is 48.8 Å². The van der Waals surface area contributed by atoms with E-state index in [9.17, 15) is 24.9 Å². The highest BCUT2D eigenvalue weighted by Crippen LogP contribution is 2.25. The Morgan fingerprint density at radius 2 is 1.81 bits per heavy atom. The molecule has 3 rings (SSSR count). The minimum atomic E-state index is -1.23. The van der Waals surface area contributed by atoms with Crippen LogP contribution in [0.5, 0.6) is 0 Å². The Morgan fingerprint density at radius 1 is 1.11 bits per heavy atom. The Labute approximate surface area is 155 Å². The van der Waals surface area contributed by atoms with Crippen LogP contribution in [0.25, 0.3) is 0 Å². The first kappa shape index (κ1) is 19.1. The zero-order chi connectivity index (χ0) is 19.6. The molecular weight excluding hydrogens is 352 g/mol. The van der Waals surface area contributed by atoms with Crippen LogP contribution in [0.4, 0.5) is 5.69 Å². The lowest BCUT2D eigenvalue weighted by molar-refractivity contribution is -0.765. The second-order valence-electron chi connectivity index (χ2n) is 6.36. The number of amides is 1. The summed E-state index contributed by atoms with van der Waals surface area (Å²) in [7, 11) is 0. The molecule has 0 bridgehead atoms. The molecule has 0 unspecified atom stereocenters. The smallest absolute Gasteiger partial charge is 0.292 e. The fraction of sp³-hybridized carbons (Fsp3) is 0.316. The van der Waals surface area contributed by atoms with Gasteiger partial charge in [-0.25, -0.2) is 0 Å². The Kier molecular flexibility index (Phi) is 5.62. The largest absolute Gasteiger partial charge is 0.394 e. The summed E-state index contributed by atoms with van der Waals surface area (Å²) in [5.41, 5.74) is 1.40. The number of aliphatic hydroxyl groups excluding tert-OH is 3. The van der Waals surface area contributed by atoms with Gasteiger partial charge in [-0.15, -0.1) is 0 Å². The standard InChI is InChI=1S/C19H20N2O6/c1-11(23)12-4-6-14(7-5-12)20-18(26)13-3-2-8-21(9-13)19-17(25)16(24)15(10-22)27-19/h2-9,15-17,19,22,24-25H,10H2,1H3/p+1/t15-,16-,17-,19-/m1/s1. The summed E-state index contributed by atoms with van der Waals surface area (Å²) >= 11 is 0. The first-order chi connectivity index (χ1) is 12.9. The van der Waals surface area contributed by atoms with E-state index in [1.54, 1.807) is 42.6 Å². The quantitative estimate of drug-likeness (QED) is 0.434. The van der Waals surface area contributed by atoms with Crippen molar-refractivity contribution in [2.45, 2.75) is 31.5 Å². The predicted molar refractivity (Wildman–Crippen MR) is 94.0 cm³/mol. The normalized spacial score (nSPS) is 24.6. The van der Waals surface area contributed by atoms with Gasteiger partial charge in [0.25, 0.3) is 12.1 Å². The summed E-state index contributed by atoms with van der Waals surface area (Å²) in [4.78, 5) is 23.8. The Hall–Kier alpha value is -2.65. The SMILES string of the molecule is CC(=O)c1ccc(NC(=O)c2ccc[n+]([C@@H]3O[C@H](CO)[C@@H](O)[C@H]3O)c2)cc1. The Balaban J connectivity index is 1.75. The van der Waals surface area contributed by atoms with Gasteiger partial charge in [-0.1, -0.05) is 0 Å². The number of benzene rings is 1. The summed E-state index contributed by atoms with van der Waals surface area (Å²) in [6.45, 7) is 1.04. The molecule has 0 saturated carbocycles. The van der Waals surface area contributed by atoms with Crippen molar-refractivity contribution in [2.24, 2.45) is 0 Å². The molecule has 8 heteroatoms. The van der Waals surface area contributed by atoms with E-state index in [1.807, 2.05) is 0 Å². The van der Waals surface area contributed by atoms with Crippen molar-refractivity contribution in [2.75, 3.05) is 11.9 Å². The highest BCUT2D eigenvalue weighted by molar-refractivity contribution is 6.04. The van der Waals surface area contributed by atoms with E-state index < -0.39 is 31.1 Å². The number of nitrogens with one attached hydrogen (secondary N) is 1. The molecule has 2 aromatic rings. The lowest BCUT2D eigenvalue weighted by atomic mass is 10.1. The van der Waals surface area contributed by atoms with Crippen LogP contribution in [0.1, 0.15) is 33.9 Å². The Bertz CT molecular complexity index is 838. The molecule has 1 aliphatic heterocycles. The topological polar surface area (TPSA) is 120 Å². The number of anilines is 1. The molecular formula is C19H21N2O6+. The molecule has 0 radical (unpaired) electrons. The van der Waals surface area contributed by atoms with E-state index in [1.165, 1.54) is 17.7 Å². The number of Topliss-reactive ketones (excluding diaryl/α,β-unsaturated/α-hetero) is 1. The third-order valence-corrected chi connectivity index (χ3v) is 4.44. The number of aliphatic hydroxyl groups is 3. The molecule has 4 N–H and O–H groups in total. The highest BCUT2D eigenvalue weighted by atomic mass is 16.6. The molecule has 2 heterocycles. The van der Waals surface area contributed by atoms with Crippen molar-refractivity contribution in [3.8, 4) is 0 Å². The van der Waals surface area contributed by atoms with Crippen LogP contribution < -0.4 is 9.88 Å². The Morgan fingerprint density at radius 3 is 2.41 bits per heavy atom. The third kappa shape index (κ3) is 4.04. The van der Waals surface area contributed by atoms with Gasteiger partial charge in [0, 0.05) is 17.3 Å². The van der Waals surface area contributed by atoms with Crippen molar-refractivity contribution in [3.05, 3.63) is 59.9 Å². The van der Waals surface area contributed by atoms with Gasteiger partial charge >= 0.3 is 0 Å². The maximum Gasteiger partial charge on any atom is 0.292 e. The number of rotatable bonds is 5. The number of aromatic nitrogens is 1. The molecule has 1 saturated heterocycles. The van der Waals surface area contributed by atoms with Crippen LogP contribution >= 0.6 is 0 Å². The third-order valence-electron chi connectivity index (χ3n) is 4.44. The van der Waals surface area contributed by atoms with E-state index in [2.05, 4.69) is 5.32 Å². The van der Waals surface area contributed by atoms with Crippen LogP contribution in [-0.4, -0.2) is 51.9 Å². The molecule has 0 spiro atoms. The first-order valence-electron chi connectivity index (χ1n) is 8.46. The van der Waals surface area contributed by atoms with Gasteiger partial charge in [0.2, 0.25) is 0 Å². The molecule has 142 valence electrons. The fourth-order valence-electron chi connectivity index (χ4n) is 2.90. The van der Waals surface area contributed by atoms with Gasteiger partial charge in [-0.2, -0.15) is 4.57 Å². The summed E-state index contributed by atoms with van der Waals surface area (Å²) < 4.78 is 6.93. The van der Waals surface area contributed by atoms with Gasteiger partial charge in [-0.05, 0) is 37.3 Å². The van der Waals surface area contributed by atoms with Gasteiger partial charge in [0.15, 0.2) is 24.3 Å². The average molecular weight is 373 g/mol. The van der Waals surface area contributed by atoms with E-state index in [4.69, 9.17) is 4.74 Å². The van der Waals surface area contributed by atoms with Crippen LogP contribution in [-0.2, 0) is 4.74 Å². The summed E-state index contributed by atoms with van der Waals surface area (Å²) in [5.74, 6) is -0.442. The first-order valence-corrected chi connectivity index (χ1v) is 8.46. The van der Waals surface area contributed by atoms with Crippen molar-refractivity contribution in [1.29, 1.82) is 0 Å². The maximum atomic E-state index is 12.5. The summed E-state index contributed by atoms with van der Waals surface area (Å²) in [5, 5.41) is 31.9. The predicted octanol–water partition coefficient (Wildman–Crippen LogP) is 0.0405. The molecule has 1 amide bonds. The minimum absolute atomic E-state index is 0.0598. The number of nitrogens with zero attached hydrogens (tertiary/aromatic N) is 1. The molecule has 1 aromatic heterocycles. The van der Waals surface area contributed by atoms with Crippen LogP contribution in [0.3, 0.4) is 0 Å². The van der Waals surface area contributed by atoms with E-state index in [0.29, 0.717) is 16.8 Å². The second kappa shape index (κ2) is 7.93. The zero-order valence-electron chi connectivity index (χ0n) is 14.6. The van der Waals surface area contributed by atoms with E-state index in [-0.39, 0.29) is 11.7 Å². The number of carbonyl (C=O) groups excluding carboxylic acids is 2. The molecule has 0 aliphatic carbocycles. The van der Waals surface area contributed by atoms with Gasteiger partial charge in [0.1, 0.15) is 17.8 Å². The number of hydrogen-bond donors (Lipinski definition) is 4. The van der Waals surface area contributed by atoms with Crippen molar-refractivity contribution >= 4 is 17.4 Å². The summed E-state index contributed by atoms with van der Waals surface area (Å²) in [6.07, 6.45) is -1.18. The van der Waals surface area contributed by atoms with Gasteiger partial charge in [0.05, 0.1) is 6.61 Å². The lowest BCUT2D eigenvalue weighted by Crippen LogP contribution is -2.46. The number of hydrogen-bond acceptors (Lipinski definition) is 6. The highest BCUT2D eigenvalue weighted by Gasteiger charge is 2.48. The maximum absolute atomic E-state index is 12.5. The van der Waals surface area contributed by atoms with Gasteiger partial charge < -0.3 is 25.4 Å². The van der Waals surface area contributed by atoms with E-state index >= 15 is 0 Å². The number of carbonyl (C=O) groups is 2. The molecule has 1 aromatic carbocycles. The van der Waals surface area contributed by atoms with Gasteiger partial charge in [-0.3, -0.25) is 9.59 Å². The number of ether oxygens (including phenoxy) is 1. The number of ketones is 1. The number of pyridine rings is 1. The van der Waals surface area contributed by atoms with Crippen molar-refractivity contribution in [3.63, 3.8) is 0 Å². The van der Waals surface area contributed by atoms with Crippen molar-refractivity contribution in [1.82, 2.24) is 0 Å². The average Bonchev–Trinajstić information content (AvgIpc) is 2.97. The van der Waals surface area contributed by atoms with Crippen LogP contribution in [0.2, 0.25) is 0 Å².